The maximum Gasteiger partial charge on any atom is 0.00221 e. The predicted molar refractivity (Wildman–Crippen MR) is 62.6 cm³/mol. The van der Waals surface area contributed by atoms with Gasteiger partial charge in [-0.25, -0.2) is 0 Å². The third-order valence-corrected chi connectivity index (χ3v) is 3.52. The van der Waals surface area contributed by atoms with Crippen LogP contribution in [0.1, 0.15) is 27.2 Å². The average Bonchev–Trinajstić information content (AvgIpc) is 2.64. The SMILES string of the molecule is CC.CCN1CCC(C2CN(C)C2)C1. The monoisotopic (exact) mass is 198 g/mol. The van der Waals surface area contributed by atoms with E-state index in [0.29, 0.717) is 0 Å². The van der Waals surface area contributed by atoms with Gasteiger partial charge < -0.3 is 9.80 Å². The normalized spacial score (nSPS) is 29.6. The number of likely N-dealkylation sites (tertiary alicyclic amines) is 2. The summed E-state index contributed by atoms with van der Waals surface area (Å²) >= 11 is 0. The highest BCUT2D eigenvalue weighted by atomic mass is 15.2. The highest BCUT2D eigenvalue weighted by Gasteiger charge is 2.34. The highest BCUT2D eigenvalue weighted by Crippen LogP contribution is 2.29. The molecule has 2 heterocycles. The number of rotatable bonds is 2. The minimum absolute atomic E-state index is 1.01. The fourth-order valence-corrected chi connectivity index (χ4v) is 2.58. The molecule has 0 aromatic heterocycles. The number of hydrogen-bond donors (Lipinski definition) is 0. The summed E-state index contributed by atoms with van der Waals surface area (Å²) in [7, 11) is 2.23. The second-order valence-corrected chi connectivity index (χ2v) is 4.42. The fourth-order valence-electron chi connectivity index (χ4n) is 2.58. The van der Waals surface area contributed by atoms with E-state index in [9.17, 15) is 0 Å². The van der Waals surface area contributed by atoms with Gasteiger partial charge in [0.1, 0.15) is 0 Å². The van der Waals surface area contributed by atoms with E-state index < -0.39 is 0 Å². The van der Waals surface area contributed by atoms with Gasteiger partial charge in [-0.2, -0.15) is 0 Å². The summed E-state index contributed by atoms with van der Waals surface area (Å²) in [4.78, 5) is 5.02. The first kappa shape index (κ1) is 12.0. The summed E-state index contributed by atoms with van der Waals surface area (Å²) < 4.78 is 0. The van der Waals surface area contributed by atoms with Gasteiger partial charge >= 0.3 is 0 Å². The number of hydrogen-bond acceptors (Lipinski definition) is 2. The second-order valence-electron chi connectivity index (χ2n) is 4.42. The standard InChI is InChI=1S/C10H20N2.C2H6/c1-3-12-5-4-9(8-12)10-6-11(2)7-10;1-2/h9-10H,3-8H2,1-2H3;1-2H3. The van der Waals surface area contributed by atoms with Crippen molar-refractivity contribution in [3.63, 3.8) is 0 Å². The molecule has 1 atom stereocenters. The van der Waals surface area contributed by atoms with Crippen molar-refractivity contribution in [3.8, 4) is 0 Å². The Morgan fingerprint density at radius 2 is 1.71 bits per heavy atom. The van der Waals surface area contributed by atoms with Crippen LogP contribution in [0.3, 0.4) is 0 Å². The van der Waals surface area contributed by atoms with E-state index in [4.69, 9.17) is 0 Å². The van der Waals surface area contributed by atoms with Crippen LogP contribution < -0.4 is 0 Å². The molecule has 0 aliphatic carbocycles. The van der Waals surface area contributed by atoms with Crippen LogP contribution in [0.4, 0.5) is 0 Å². The van der Waals surface area contributed by atoms with Gasteiger partial charge in [0, 0.05) is 19.6 Å². The van der Waals surface area contributed by atoms with Crippen molar-refractivity contribution in [1.29, 1.82) is 0 Å². The smallest absolute Gasteiger partial charge is 0.00221 e. The van der Waals surface area contributed by atoms with Crippen molar-refractivity contribution in [2.24, 2.45) is 11.8 Å². The van der Waals surface area contributed by atoms with E-state index in [0.717, 1.165) is 11.8 Å². The molecular formula is C12H26N2. The quantitative estimate of drug-likeness (QED) is 0.669. The van der Waals surface area contributed by atoms with Crippen molar-refractivity contribution in [1.82, 2.24) is 9.80 Å². The lowest BCUT2D eigenvalue weighted by molar-refractivity contribution is 0.0855. The molecule has 0 radical (unpaired) electrons. The van der Waals surface area contributed by atoms with E-state index in [1.165, 1.54) is 39.1 Å². The van der Waals surface area contributed by atoms with E-state index in [-0.39, 0.29) is 0 Å². The van der Waals surface area contributed by atoms with Gasteiger partial charge in [0.25, 0.3) is 0 Å². The first-order valence-electron chi connectivity index (χ1n) is 6.20. The van der Waals surface area contributed by atoms with Gasteiger partial charge in [-0.3, -0.25) is 0 Å². The zero-order valence-electron chi connectivity index (χ0n) is 10.3. The Kier molecular flexibility index (Phi) is 4.90. The Hall–Kier alpha value is -0.0800. The van der Waals surface area contributed by atoms with E-state index in [1.54, 1.807) is 0 Å². The van der Waals surface area contributed by atoms with Crippen molar-refractivity contribution in [2.75, 3.05) is 39.8 Å². The molecule has 2 heteroatoms. The van der Waals surface area contributed by atoms with E-state index in [1.807, 2.05) is 13.8 Å². The summed E-state index contributed by atoms with van der Waals surface area (Å²) in [6.07, 6.45) is 1.45. The molecular weight excluding hydrogens is 172 g/mol. The molecule has 0 saturated carbocycles. The molecule has 0 spiro atoms. The van der Waals surface area contributed by atoms with Gasteiger partial charge in [-0.05, 0) is 38.4 Å². The van der Waals surface area contributed by atoms with Crippen molar-refractivity contribution >= 4 is 0 Å². The number of nitrogens with zero attached hydrogens (tertiary/aromatic N) is 2. The molecule has 0 amide bonds. The Morgan fingerprint density at radius 1 is 1.07 bits per heavy atom. The molecule has 0 N–H and O–H groups in total. The lowest BCUT2D eigenvalue weighted by Gasteiger charge is -2.40. The Balaban J connectivity index is 0.000000461. The van der Waals surface area contributed by atoms with Crippen molar-refractivity contribution < 1.29 is 0 Å². The second kappa shape index (κ2) is 5.72. The van der Waals surface area contributed by atoms with Crippen LogP contribution in [-0.2, 0) is 0 Å². The van der Waals surface area contributed by atoms with Crippen LogP contribution in [-0.4, -0.2) is 49.6 Å². The topological polar surface area (TPSA) is 6.48 Å². The zero-order valence-corrected chi connectivity index (χ0v) is 10.3. The summed E-state index contributed by atoms with van der Waals surface area (Å²) in [5.41, 5.74) is 0. The van der Waals surface area contributed by atoms with Crippen LogP contribution in [0.25, 0.3) is 0 Å². The Morgan fingerprint density at radius 3 is 2.14 bits per heavy atom. The summed E-state index contributed by atoms with van der Waals surface area (Å²) in [6, 6.07) is 0. The molecule has 14 heavy (non-hydrogen) atoms. The van der Waals surface area contributed by atoms with Crippen LogP contribution >= 0.6 is 0 Å². The minimum atomic E-state index is 1.01. The summed E-state index contributed by atoms with van der Waals surface area (Å²) in [5, 5.41) is 0. The van der Waals surface area contributed by atoms with Crippen LogP contribution in [0.15, 0.2) is 0 Å². The summed E-state index contributed by atoms with van der Waals surface area (Å²) in [5.74, 6) is 2.03. The molecule has 84 valence electrons. The average molecular weight is 198 g/mol. The van der Waals surface area contributed by atoms with Crippen molar-refractivity contribution in [3.05, 3.63) is 0 Å². The third kappa shape index (κ3) is 2.71. The Bertz CT molecular complexity index is 152. The van der Waals surface area contributed by atoms with Crippen LogP contribution in [0.5, 0.6) is 0 Å². The molecule has 0 bridgehead atoms. The molecule has 0 aromatic carbocycles. The largest absolute Gasteiger partial charge is 0.306 e. The molecule has 2 fully saturated rings. The molecule has 2 aliphatic heterocycles. The first-order valence-corrected chi connectivity index (χ1v) is 6.20. The van der Waals surface area contributed by atoms with Gasteiger partial charge in [-0.15, -0.1) is 0 Å². The van der Waals surface area contributed by atoms with Gasteiger partial charge in [-0.1, -0.05) is 20.8 Å². The molecule has 1 unspecified atom stereocenters. The fraction of sp³-hybridized carbons (Fsp3) is 1.00. The molecule has 2 rings (SSSR count). The lowest BCUT2D eigenvalue weighted by Crippen LogP contribution is -2.47. The van der Waals surface area contributed by atoms with Crippen LogP contribution in [0, 0.1) is 11.8 Å². The third-order valence-electron chi connectivity index (χ3n) is 3.52. The predicted octanol–water partition coefficient (Wildman–Crippen LogP) is 1.92. The minimum Gasteiger partial charge on any atom is -0.306 e. The molecule has 0 aromatic rings. The highest BCUT2D eigenvalue weighted by molar-refractivity contribution is 4.88. The van der Waals surface area contributed by atoms with E-state index >= 15 is 0 Å². The maximum absolute atomic E-state index is 2.59. The van der Waals surface area contributed by atoms with Gasteiger partial charge in [0.15, 0.2) is 0 Å². The summed E-state index contributed by atoms with van der Waals surface area (Å²) in [6.45, 7) is 12.9. The Labute approximate surface area is 89.3 Å². The zero-order chi connectivity index (χ0) is 10.6. The van der Waals surface area contributed by atoms with Crippen molar-refractivity contribution in [2.45, 2.75) is 27.2 Å². The first-order chi connectivity index (χ1) is 6.79. The maximum atomic E-state index is 2.59. The van der Waals surface area contributed by atoms with E-state index in [2.05, 4.69) is 23.8 Å². The molecule has 2 nitrogen and oxygen atoms in total. The molecule has 2 saturated heterocycles. The lowest BCUT2D eigenvalue weighted by atomic mass is 9.86. The van der Waals surface area contributed by atoms with Gasteiger partial charge in [0.05, 0.1) is 0 Å². The molecule has 2 aliphatic rings. The van der Waals surface area contributed by atoms with Crippen LogP contribution in [0.2, 0.25) is 0 Å². The van der Waals surface area contributed by atoms with Gasteiger partial charge in [0.2, 0.25) is 0 Å².